The van der Waals surface area contributed by atoms with Gasteiger partial charge in [-0.3, -0.25) is 9.59 Å². The third-order valence-electron chi connectivity index (χ3n) is 17.1. The zero-order valence-corrected chi connectivity index (χ0v) is 60.9. The van der Waals surface area contributed by atoms with Gasteiger partial charge in [-0.2, -0.15) is 0 Å². The fraction of sp³-hybridized carbons (Fsp3) is 0.771. The van der Waals surface area contributed by atoms with Crippen LogP contribution in [0.2, 0.25) is 0 Å². The number of nitrogens with zero attached hydrogens (tertiary/aromatic N) is 1. The molecule has 0 radical (unpaired) electrons. The molecule has 0 rings (SSSR count). The molecule has 9 nitrogen and oxygen atoms in total. The maximum Gasteiger partial charge on any atom is 0.361 e. The Bertz CT molecular complexity index is 1840. The predicted octanol–water partition coefficient (Wildman–Crippen LogP) is 24.8. The van der Waals surface area contributed by atoms with Crippen molar-refractivity contribution >= 4 is 17.9 Å². The van der Waals surface area contributed by atoms with Crippen LogP contribution in [-0.4, -0.2) is 87.4 Å². The van der Waals surface area contributed by atoms with E-state index in [0.717, 1.165) is 89.9 Å². The van der Waals surface area contributed by atoms with Crippen LogP contribution in [0.25, 0.3) is 0 Å². The summed E-state index contributed by atoms with van der Waals surface area (Å²) in [7, 11) is 5.99. The van der Waals surface area contributed by atoms with E-state index >= 15 is 0 Å². The molecule has 0 aromatic rings. The Morgan fingerprint density at radius 2 is 0.620 bits per heavy atom. The maximum absolute atomic E-state index is 13.0. The maximum atomic E-state index is 13.0. The minimum absolute atomic E-state index is 0.179. The molecule has 0 bridgehead atoms. The van der Waals surface area contributed by atoms with Crippen LogP contribution in [0.5, 0.6) is 0 Å². The molecule has 0 aliphatic rings. The van der Waals surface area contributed by atoms with Gasteiger partial charge in [-0.1, -0.05) is 361 Å². The van der Waals surface area contributed by atoms with Crippen LogP contribution in [0.3, 0.4) is 0 Å². The Kier molecular flexibility index (Phi) is 70.0. The zero-order valence-electron chi connectivity index (χ0n) is 60.9. The quantitative estimate of drug-likeness (QED) is 0.0211. The molecule has 532 valence electrons. The molecule has 0 heterocycles. The number of likely N-dealkylation sites (N-methyl/N-ethyl adjacent to an activating group) is 1. The van der Waals surface area contributed by atoms with E-state index in [1.807, 2.05) is 21.1 Å². The molecule has 92 heavy (non-hydrogen) atoms. The molecular weight excluding hydrogens is 1140 g/mol. The molecule has 2 unspecified atom stereocenters. The van der Waals surface area contributed by atoms with Crippen molar-refractivity contribution in [2.75, 3.05) is 47.5 Å². The van der Waals surface area contributed by atoms with Gasteiger partial charge in [0.25, 0.3) is 6.29 Å². The summed E-state index contributed by atoms with van der Waals surface area (Å²) in [5, 5.41) is 9.77. The molecule has 0 aromatic heterocycles. The first kappa shape index (κ1) is 88.2. The zero-order chi connectivity index (χ0) is 66.8. The highest BCUT2D eigenvalue weighted by molar-refractivity contribution is 5.71. The SMILES string of the molecule is CC/C=C\C/C=C\C/C=C\C/C=C\C/C=C\C/C=C\C/C=C\C/C=C\CCCCCCCCCCCCCCCCCCC(=O)OC(COC(=O)CCCCCCCCCCCCCCCCCCCCCCCCCCCC)COC(OCC[N+](C)(C)C)C(=O)O. The van der Waals surface area contributed by atoms with Crippen LogP contribution in [0.4, 0.5) is 0 Å². The van der Waals surface area contributed by atoms with Gasteiger partial charge in [-0.05, 0) is 77.0 Å². The lowest BCUT2D eigenvalue weighted by Gasteiger charge is -2.25. The molecule has 0 aliphatic carbocycles. The lowest BCUT2D eigenvalue weighted by Crippen LogP contribution is -2.40. The number of esters is 2. The van der Waals surface area contributed by atoms with Crippen LogP contribution in [0.1, 0.15) is 354 Å². The average molecular weight is 1290 g/mol. The highest BCUT2D eigenvalue weighted by Crippen LogP contribution is 2.19. The summed E-state index contributed by atoms with van der Waals surface area (Å²) in [6, 6.07) is 0. The molecule has 0 spiro atoms. The summed E-state index contributed by atoms with van der Waals surface area (Å²) in [5.41, 5.74) is 0. The second-order valence-electron chi connectivity index (χ2n) is 27.3. The summed E-state index contributed by atoms with van der Waals surface area (Å²) in [4.78, 5) is 37.7. The number of carboxylic acid groups (broad SMARTS) is 1. The minimum atomic E-state index is -1.51. The number of aliphatic carboxylic acids is 1. The number of hydrogen-bond donors (Lipinski definition) is 1. The summed E-state index contributed by atoms with van der Waals surface area (Å²) >= 11 is 0. The van der Waals surface area contributed by atoms with Gasteiger partial charge in [0, 0.05) is 12.8 Å². The van der Waals surface area contributed by atoms with Crippen LogP contribution < -0.4 is 0 Å². The largest absolute Gasteiger partial charge is 0.477 e. The van der Waals surface area contributed by atoms with E-state index in [9.17, 15) is 19.5 Å². The number of rotatable bonds is 72. The number of carboxylic acids is 1. The van der Waals surface area contributed by atoms with E-state index in [1.54, 1.807) is 0 Å². The van der Waals surface area contributed by atoms with Gasteiger partial charge in [0.05, 0.1) is 34.4 Å². The van der Waals surface area contributed by atoms with Crippen LogP contribution in [0, 0.1) is 0 Å². The lowest BCUT2D eigenvalue weighted by atomic mass is 10.0. The highest BCUT2D eigenvalue weighted by Gasteiger charge is 2.25. The van der Waals surface area contributed by atoms with Gasteiger partial charge < -0.3 is 28.5 Å². The van der Waals surface area contributed by atoms with Crippen LogP contribution >= 0.6 is 0 Å². The van der Waals surface area contributed by atoms with Crippen molar-refractivity contribution in [2.24, 2.45) is 0 Å². The van der Waals surface area contributed by atoms with Crippen molar-refractivity contribution in [1.29, 1.82) is 0 Å². The van der Waals surface area contributed by atoms with Gasteiger partial charge >= 0.3 is 17.9 Å². The number of carbonyl (C=O) groups excluding carboxylic acids is 2. The standard InChI is InChI=1S/C83H147NO8/c1-6-8-10-12-14-16-18-20-22-24-26-28-30-32-34-35-36-37-38-39-40-41-42-43-44-45-46-47-48-50-52-54-56-58-60-62-64-66-68-70-72-74-81(86)92-79(78-91-83(82(87)88)89-76-75-84(3,4)5)77-90-80(85)73-71-69-67-65-63-61-59-57-55-53-51-49-33-31-29-27-25-23-21-19-17-15-13-11-9-7-2/h8,10,14,16,20,22,26,28,32,34,36-37,39-40,42-43,79,83H,6-7,9,11-13,15,17-19,21,23-25,27,29-31,33,35,38,41,44-78H2,1-5H3/p+1/b10-8-,16-14-,22-20-,28-26-,34-32-,37-36-,40-39-,43-42-. The van der Waals surface area contributed by atoms with E-state index in [2.05, 4.69) is 111 Å². The smallest absolute Gasteiger partial charge is 0.361 e. The first-order valence-corrected chi connectivity index (χ1v) is 38.9. The minimum Gasteiger partial charge on any atom is -0.477 e. The third kappa shape index (κ3) is 73.6. The van der Waals surface area contributed by atoms with Crippen molar-refractivity contribution < 1.29 is 42.9 Å². The summed E-state index contributed by atoms with van der Waals surface area (Å²) in [5.74, 6) is -1.98. The fourth-order valence-electron chi connectivity index (χ4n) is 11.2. The highest BCUT2D eigenvalue weighted by atomic mass is 16.7. The molecule has 0 aliphatic heterocycles. The van der Waals surface area contributed by atoms with Crippen molar-refractivity contribution in [3.63, 3.8) is 0 Å². The van der Waals surface area contributed by atoms with E-state index in [4.69, 9.17) is 18.9 Å². The molecule has 0 fully saturated rings. The molecule has 9 heteroatoms. The van der Waals surface area contributed by atoms with E-state index in [1.165, 1.54) is 238 Å². The van der Waals surface area contributed by atoms with Gasteiger partial charge in [0.15, 0.2) is 6.10 Å². The van der Waals surface area contributed by atoms with Gasteiger partial charge in [-0.25, -0.2) is 4.79 Å². The Hall–Kier alpha value is -3.79. The molecular formula is C83H148NO8+. The van der Waals surface area contributed by atoms with Gasteiger partial charge in [0.2, 0.25) is 0 Å². The topological polar surface area (TPSA) is 108 Å². The monoisotopic (exact) mass is 1290 g/mol. The second kappa shape index (κ2) is 73.0. The first-order valence-electron chi connectivity index (χ1n) is 38.9. The third-order valence-corrected chi connectivity index (χ3v) is 17.1. The number of unbranched alkanes of at least 4 members (excludes halogenated alkanes) is 41. The van der Waals surface area contributed by atoms with Crippen molar-refractivity contribution in [3.05, 3.63) is 97.2 Å². The average Bonchev–Trinajstić information content (AvgIpc) is 3.70. The molecule has 0 saturated carbocycles. The number of ether oxygens (including phenoxy) is 4. The number of allylic oxidation sites excluding steroid dienone is 16. The van der Waals surface area contributed by atoms with Gasteiger partial charge in [-0.15, -0.1) is 0 Å². The van der Waals surface area contributed by atoms with Crippen molar-refractivity contribution in [1.82, 2.24) is 0 Å². The Morgan fingerprint density at radius 1 is 0.337 bits per heavy atom. The Balaban J connectivity index is 4.03. The Morgan fingerprint density at radius 3 is 0.924 bits per heavy atom. The lowest BCUT2D eigenvalue weighted by molar-refractivity contribution is -0.870. The molecule has 0 aromatic carbocycles. The molecule has 2 atom stereocenters. The number of carbonyl (C=O) groups is 3. The van der Waals surface area contributed by atoms with Crippen molar-refractivity contribution in [2.45, 2.75) is 367 Å². The number of quaternary nitrogens is 1. The molecule has 0 amide bonds. The fourth-order valence-corrected chi connectivity index (χ4v) is 11.2. The van der Waals surface area contributed by atoms with E-state index in [-0.39, 0.29) is 38.2 Å². The Labute approximate surface area is 569 Å². The van der Waals surface area contributed by atoms with Crippen LogP contribution in [0.15, 0.2) is 97.2 Å². The summed E-state index contributed by atoms with van der Waals surface area (Å²) in [6.45, 7) is 4.82. The van der Waals surface area contributed by atoms with E-state index < -0.39 is 18.4 Å². The van der Waals surface area contributed by atoms with Crippen LogP contribution in [-0.2, 0) is 33.3 Å². The molecule has 1 N–H and O–H groups in total. The molecule has 0 saturated heterocycles. The van der Waals surface area contributed by atoms with Gasteiger partial charge in [0.1, 0.15) is 13.2 Å². The predicted molar refractivity (Wildman–Crippen MR) is 396 cm³/mol. The normalized spacial score (nSPS) is 13.2. The first-order chi connectivity index (χ1) is 45.1. The summed E-state index contributed by atoms with van der Waals surface area (Å²) in [6.07, 6.45) is 98.3. The van der Waals surface area contributed by atoms with Crippen molar-refractivity contribution in [3.8, 4) is 0 Å². The second-order valence-corrected chi connectivity index (χ2v) is 27.3. The number of hydrogen-bond acceptors (Lipinski definition) is 7. The van der Waals surface area contributed by atoms with E-state index in [0.29, 0.717) is 17.4 Å². The summed E-state index contributed by atoms with van der Waals surface area (Å²) < 4.78 is 23.0.